The molecule has 0 aliphatic heterocycles. The predicted octanol–water partition coefficient (Wildman–Crippen LogP) is 6.48. The van der Waals surface area contributed by atoms with Gasteiger partial charge in [0.15, 0.2) is 0 Å². The zero-order valence-corrected chi connectivity index (χ0v) is 19.6. The van der Waals surface area contributed by atoms with Crippen LogP contribution in [0.25, 0.3) is 10.9 Å². The Labute approximate surface area is 184 Å². The van der Waals surface area contributed by atoms with Crippen LogP contribution in [0, 0.1) is 10.1 Å². The number of hydrogen-bond acceptors (Lipinski definition) is 4. The Morgan fingerprint density at radius 3 is 2.68 bits per heavy atom. The third kappa shape index (κ3) is 4.83. The van der Waals surface area contributed by atoms with Crippen molar-refractivity contribution in [2.45, 2.75) is 58.1 Å². The number of aryl methyl sites for hydroxylation is 1. The molecule has 1 N–H and O–H groups in total. The van der Waals surface area contributed by atoms with Gasteiger partial charge in [-0.25, -0.2) is 0 Å². The smallest absolute Gasteiger partial charge is 0.296 e. The van der Waals surface area contributed by atoms with E-state index in [4.69, 9.17) is 4.74 Å². The molecule has 2 aromatic carbocycles. The Bertz CT molecular complexity index is 1100. The molecule has 0 saturated heterocycles. The molecule has 6 nitrogen and oxygen atoms in total. The van der Waals surface area contributed by atoms with Crippen LogP contribution in [-0.4, -0.2) is 24.2 Å². The Kier molecular flexibility index (Phi) is 6.16. The molecule has 0 saturated carbocycles. The number of ether oxygens (including phenoxy) is 1. The summed E-state index contributed by atoms with van der Waals surface area (Å²) in [7, 11) is -1.11. The molecule has 4 rings (SSSR count). The highest BCUT2D eigenvalue weighted by molar-refractivity contribution is 6.76. The lowest BCUT2D eigenvalue weighted by Crippen LogP contribution is -2.21. The van der Waals surface area contributed by atoms with Crippen molar-refractivity contribution in [2.24, 2.45) is 0 Å². The summed E-state index contributed by atoms with van der Waals surface area (Å²) in [4.78, 5) is 11.7. The molecule has 1 aliphatic rings. The second-order valence-electron chi connectivity index (χ2n) is 9.56. The van der Waals surface area contributed by atoms with Gasteiger partial charge in [-0.1, -0.05) is 31.8 Å². The van der Waals surface area contributed by atoms with Gasteiger partial charge in [0, 0.05) is 37.5 Å². The van der Waals surface area contributed by atoms with Crippen molar-refractivity contribution >= 4 is 36.0 Å². The molecular formula is C24H31N3O3Si. The maximum absolute atomic E-state index is 11.9. The highest BCUT2D eigenvalue weighted by Crippen LogP contribution is 2.38. The Balaban J connectivity index is 1.59. The van der Waals surface area contributed by atoms with Crippen molar-refractivity contribution in [3.8, 4) is 0 Å². The summed E-state index contributed by atoms with van der Waals surface area (Å²) in [6, 6.07) is 13.1. The Morgan fingerprint density at radius 2 is 1.90 bits per heavy atom. The molecule has 1 heterocycles. The quantitative estimate of drug-likeness (QED) is 0.189. The third-order valence-electron chi connectivity index (χ3n) is 6.00. The van der Waals surface area contributed by atoms with Gasteiger partial charge in [0.1, 0.15) is 12.4 Å². The standard InChI is InChI=1S/C24H31N3O3Si/c1-31(2,3)16-15-30-17-26-14-13-20-21(9-6-10-23(20)26)25-22-12-11-18-7-4-5-8-19(18)24(22)27(28)29/h6,9-14,25H,4-5,7-8,15-17H2,1-3H3. The largest absolute Gasteiger partial charge is 0.361 e. The number of benzene rings is 2. The van der Waals surface area contributed by atoms with Gasteiger partial charge in [-0.05, 0) is 61.6 Å². The van der Waals surface area contributed by atoms with E-state index in [0.717, 1.165) is 66.1 Å². The van der Waals surface area contributed by atoms with Crippen LogP contribution in [0.5, 0.6) is 0 Å². The van der Waals surface area contributed by atoms with Crippen LogP contribution < -0.4 is 5.32 Å². The van der Waals surface area contributed by atoms with Crippen molar-refractivity contribution in [2.75, 3.05) is 11.9 Å². The molecule has 0 amide bonds. The van der Waals surface area contributed by atoms with Crippen LogP contribution in [0.3, 0.4) is 0 Å². The zero-order chi connectivity index (χ0) is 22.0. The zero-order valence-electron chi connectivity index (χ0n) is 18.6. The summed E-state index contributed by atoms with van der Waals surface area (Å²) in [6.45, 7) is 8.32. The molecule has 0 bridgehead atoms. The first-order chi connectivity index (χ1) is 14.8. The Hall–Kier alpha value is -2.64. The number of aromatic nitrogens is 1. The SMILES string of the molecule is C[Si](C)(C)CCOCn1ccc2c(Nc3ccc4c(c3[N+](=O)[O-])CCCC4)cccc21. The first kappa shape index (κ1) is 21.6. The molecule has 164 valence electrons. The van der Waals surface area contributed by atoms with E-state index in [1.54, 1.807) is 0 Å². The first-order valence-electron chi connectivity index (χ1n) is 11.1. The molecule has 1 aliphatic carbocycles. The van der Waals surface area contributed by atoms with Crippen LogP contribution in [-0.2, 0) is 24.3 Å². The van der Waals surface area contributed by atoms with Gasteiger partial charge in [0.25, 0.3) is 5.69 Å². The van der Waals surface area contributed by atoms with Crippen molar-refractivity contribution in [3.63, 3.8) is 0 Å². The second kappa shape index (κ2) is 8.84. The number of nitrogens with one attached hydrogen (secondary N) is 1. The minimum absolute atomic E-state index is 0.225. The number of nitrogens with zero attached hydrogens (tertiary/aromatic N) is 2. The molecule has 31 heavy (non-hydrogen) atoms. The van der Waals surface area contributed by atoms with E-state index in [1.807, 2.05) is 36.5 Å². The summed E-state index contributed by atoms with van der Waals surface area (Å²) in [5, 5.41) is 16.3. The summed E-state index contributed by atoms with van der Waals surface area (Å²) in [6.07, 6.45) is 5.83. The minimum Gasteiger partial charge on any atom is -0.361 e. The molecular weight excluding hydrogens is 406 g/mol. The van der Waals surface area contributed by atoms with Gasteiger partial charge in [-0.2, -0.15) is 0 Å². The van der Waals surface area contributed by atoms with Crippen LogP contribution in [0.2, 0.25) is 25.7 Å². The predicted molar refractivity (Wildman–Crippen MR) is 129 cm³/mol. The highest BCUT2D eigenvalue weighted by atomic mass is 28.3. The highest BCUT2D eigenvalue weighted by Gasteiger charge is 2.25. The maximum Gasteiger partial charge on any atom is 0.296 e. The fourth-order valence-corrected chi connectivity index (χ4v) is 5.01. The second-order valence-corrected chi connectivity index (χ2v) is 15.2. The summed E-state index contributed by atoms with van der Waals surface area (Å²) < 4.78 is 8.01. The van der Waals surface area contributed by atoms with E-state index in [2.05, 4.69) is 35.6 Å². The number of rotatable bonds is 8. The van der Waals surface area contributed by atoms with E-state index < -0.39 is 8.07 Å². The fourth-order valence-electron chi connectivity index (χ4n) is 4.25. The lowest BCUT2D eigenvalue weighted by molar-refractivity contribution is -0.384. The van der Waals surface area contributed by atoms with Gasteiger partial charge in [-0.15, -0.1) is 0 Å². The van der Waals surface area contributed by atoms with Crippen molar-refractivity contribution in [3.05, 3.63) is 63.8 Å². The number of hydrogen-bond donors (Lipinski definition) is 1. The van der Waals surface area contributed by atoms with Gasteiger partial charge in [-0.3, -0.25) is 10.1 Å². The van der Waals surface area contributed by atoms with E-state index >= 15 is 0 Å². The fraction of sp³-hybridized carbons (Fsp3) is 0.417. The first-order valence-corrected chi connectivity index (χ1v) is 14.8. The number of anilines is 2. The van der Waals surface area contributed by atoms with Crippen LogP contribution in [0.1, 0.15) is 24.0 Å². The normalized spacial score (nSPS) is 13.9. The molecule has 0 radical (unpaired) electrons. The molecule has 1 aromatic heterocycles. The van der Waals surface area contributed by atoms with Gasteiger partial charge in [0.05, 0.1) is 10.4 Å². The van der Waals surface area contributed by atoms with E-state index in [9.17, 15) is 10.1 Å². The van der Waals surface area contributed by atoms with Crippen molar-refractivity contribution in [1.82, 2.24) is 4.57 Å². The van der Waals surface area contributed by atoms with Gasteiger partial charge < -0.3 is 14.6 Å². The molecule has 0 spiro atoms. The summed E-state index contributed by atoms with van der Waals surface area (Å²) in [5.41, 5.74) is 4.72. The molecule has 3 aromatic rings. The van der Waals surface area contributed by atoms with E-state index in [0.29, 0.717) is 12.4 Å². The van der Waals surface area contributed by atoms with Crippen LogP contribution >= 0.6 is 0 Å². The average Bonchev–Trinajstić information content (AvgIpc) is 3.14. The molecule has 0 fully saturated rings. The number of nitro benzene ring substituents is 1. The molecule has 7 heteroatoms. The van der Waals surface area contributed by atoms with E-state index in [-0.39, 0.29) is 10.6 Å². The monoisotopic (exact) mass is 437 g/mol. The summed E-state index contributed by atoms with van der Waals surface area (Å²) in [5.74, 6) is 0. The van der Waals surface area contributed by atoms with Gasteiger partial charge >= 0.3 is 0 Å². The molecule has 0 unspecified atom stereocenters. The van der Waals surface area contributed by atoms with Gasteiger partial charge in [0.2, 0.25) is 0 Å². The molecule has 0 atom stereocenters. The maximum atomic E-state index is 11.9. The van der Waals surface area contributed by atoms with Crippen LogP contribution in [0.15, 0.2) is 42.6 Å². The number of fused-ring (bicyclic) bond motifs is 2. The number of nitro groups is 1. The third-order valence-corrected chi connectivity index (χ3v) is 7.70. The topological polar surface area (TPSA) is 69.3 Å². The summed E-state index contributed by atoms with van der Waals surface area (Å²) >= 11 is 0. The lowest BCUT2D eigenvalue weighted by Gasteiger charge is -2.18. The van der Waals surface area contributed by atoms with Crippen molar-refractivity contribution in [1.29, 1.82) is 0 Å². The lowest BCUT2D eigenvalue weighted by atomic mass is 9.90. The van der Waals surface area contributed by atoms with Crippen LogP contribution in [0.4, 0.5) is 17.1 Å². The average molecular weight is 438 g/mol. The Morgan fingerprint density at radius 1 is 1.10 bits per heavy atom. The minimum atomic E-state index is -1.11. The van der Waals surface area contributed by atoms with Crippen molar-refractivity contribution < 1.29 is 9.66 Å². The van der Waals surface area contributed by atoms with E-state index in [1.165, 1.54) is 0 Å².